The van der Waals surface area contributed by atoms with Crippen molar-refractivity contribution in [1.82, 2.24) is 0 Å². The second-order valence-electron chi connectivity index (χ2n) is 3.43. The van der Waals surface area contributed by atoms with Gasteiger partial charge in [-0.2, -0.15) is 0 Å². The molecule has 2 radical (unpaired) electrons. The summed E-state index contributed by atoms with van der Waals surface area (Å²) in [5.41, 5.74) is 0. The van der Waals surface area contributed by atoms with Gasteiger partial charge in [0.1, 0.15) is 0 Å². The molecule has 0 N–H and O–H groups in total. The minimum atomic E-state index is 1.38. The molecule has 0 atom stereocenters. The third-order valence-electron chi connectivity index (χ3n) is 1.32. The van der Waals surface area contributed by atoms with Gasteiger partial charge in [0.2, 0.25) is 0 Å². The molecule has 0 bridgehead atoms. The summed E-state index contributed by atoms with van der Waals surface area (Å²) in [6, 6.07) is 0. The minimum Gasteiger partial charge on any atom is -0.0597 e. The van der Waals surface area contributed by atoms with Crippen LogP contribution in [0.2, 0.25) is 0 Å². The monoisotopic (exact) mass is 140 g/mol. The fourth-order valence-electron chi connectivity index (χ4n) is 0.898. The molecule has 60 valence electrons. The van der Waals surface area contributed by atoms with Crippen LogP contribution in [0.3, 0.4) is 0 Å². The van der Waals surface area contributed by atoms with E-state index in [1.54, 1.807) is 0 Å². The van der Waals surface area contributed by atoms with Crippen LogP contribution < -0.4 is 0 Å². The molecule has 1 rings (SSSR count). The smallest absolute Gasteiger partial charge is 0.0334 e. The van der Waals surface area contributed by atoms with E-state index in [0.717, 1.165) is 0 Å². The Kier molecular flexibility index (Phi) is 7.11. The van der Waals surface area contributed by atoms with E-state index in [9.17, 15) is 0 Å². The first kappa shape index (κ1) is 10.0. The molecular formula is C10H20. The standard InChI is InChI=1S/C6H11.C4H9/c1-2-4-6-5-3-1;1-4(2)3/h1H,2-6H2;1-3H3. The molecule has 1 fully saturated rings. The zero-order chi connectivity index (χ0) is 7.82. The van der Waals surface area contributed by atoms with Crippen LogP contribution in [-0.2, 0) is 0 Å². The fraction of sp³-hybridized carbons (Fsp3) is 0.800. The average molecular weight is 140 g/mol. The molecule has 1 aliphatic carbocycles. The van der Waals surface area contributed by atoms with E-state index >= 15 is 0 Å². The highest BCUT2D eigenvalue weighted by Crippen LogP contribution is 2.14. The Hall–Kier alpha value is 0. The van der Waals surface area contributed by atoms with Gasteiger partial charge in [0.15, 0.2) is 0 Å². The van der Waals surface area contributed by atoms with E-state index < -0.39 is 0 Å². The van der Waals surface area contributed by atoms with Crippen molar-refractivity contribution in [3.05, 3.63) is 12.3 Å². The predicted octanol–water partition coefficient (Wildman–Crippen LogP) is 3.78. The molecule has 1 aliphatic rings. The second kappa shape index (κ2) is 7.11. The van der Waals surface area contributed by atoms with Gasteiger partial charge in [0.05, 0.1) is 0 Å². The normalized spacial score (nSPS) is 18.0. The summed E-state index contributed by atoms with van der Waals surface area (Å²) in [6.07, 6.45) is 9.50. The summed E-state index contributed by atoms with van der Waals surface area (Å²) in [5.74, 6) is 1.42. The quantitative estimate of drug-likeness (QED) is 0.480. The first-order valence-electron chi connectivity index (χ1n) is 4.32. The van der Waals surface area contributed by atoms with Gasteiger partial charge in [-0.1, -0.05) is 52.9 Å². The van der Waals surface area contributed by atoms with Crippen LogP contribution >= 0.6 is 0 Å². The number of rotatable bonds is 0. The van der Waals surface area contributed by atoms with E-state index in [1.165, 1.54) is 38.0 Å². The minimum absolute atomic E-state index is 1.38. The van der Waals surface area contributed by atoms with Gasteiger partial charge in [0, 0.05) is 0 Å². The van der Waals surface area contributed by atoms with Crippen LogP contribution in [0.5, 0.6) is 0 Å². The van der Waals surface area contributed by atoms with E-state index in [1.807, 2.05) is 0 Å². The second-order valence-corrected chi connectivity index (χ2v) is 3.43. The van der Waals surface area contributed by atoms with Crippen molar-refractivity contribution in [2.75, 3.05) is 0 Å². The van der Waals surface area contributed by atoms with Crippen molar-refractivity contribution in [3.8, 4) is 0 Å². The lowest BCUT2D eigenvalue weighted by atomic mass is 10.0. The fourth-order valence-corrected chi connectivity index (χ4v) is 0.898. The lowest BCUT2D eigenvalue weighted by Gasteiger charge is -2.05. The van der Waals surface area contributed by atoms with Gasteiger partial charge < -0.3 is 0 Å². The highest BCUT2D eigenvalue weighted by atomic mass is 14.0. The van der Waals surface area contributed by atoms with Crippen molar-refractivity contribution in [3.63, 3.8) is 0 Å². The third-order valence-corrected chi connectivity index (χ3v) is 1.32. The first-order valence-corrected chi connectivity index (χ1v) is 4.32. The SMILES string of the molecule is C[C](C)C.[CH]1CCCCC1. The molecule has 0 heterocycles. The maximum Gasteiger partial charge on any atom is -0.0334 e. The lowest BCUT2D eigenvalue weighted by Crippen LogP contribution is -1.87. The summed E-state index contributed by atoms with van der Waals surface area (Å²) in [7, 11) is 0. The molecule has 0 aliphatic heterocycles. The maximum absolute atomic E-state index is 2.39. The molecule has 0 saturated heterocycles. The molecule has 1 saturated carbocycles. The maximum atomic E-state index is 2.39. The Bertz CT molecular complexity index is 36.8. The van der Waals surface area contributed by atoms with Gasteiger partial charge in [-0.25, -0.2) is 0 Å². The Labute approximate surface area is 66.0 Å². The highest BCUT2D eigenvalue weighted by Gasteiger charge is 1.95. The van der Waals surface area contributed by atoms with Crippen molar-refractivity contribution in [2.45, 2.75) is 52.9 Å². The van der Waals surface area contributed by atoms with Gasteiger partial charge in [-0.3, -0.25) is 0 Å². The lowest BCUT2D eigenvalue weighted by molar-refractivity contribution is 0.593. The Balaban J connectivity index is 0.000000180. The number of hydrogen-bond acceptors (Lipinski definition) is 0. The summed E-state index contributed by atoms with van der Waals surface area (Å²) >= 11 is 0. The third kappa shape index (κ3) is 10.9. The van der Waals surface area contributed by atoms with Crippen LogP contribution in [0.4, 0.5) is 0 Å². The zero-order valence-electron chi connectivity index (χ0n) is 7.61. The van der Waals surface area contributed by atoms with Crippen LogP contribution in [0.15, 0.2) is 0 Å². The van der Waals surface area contributed by atoms with Crippen LogP contribution in [0.25, 0.3) is 0 Å². The Morgan fingerprint density at radius 2 is 1.30 bits per heavy atom. The van der Waals surface area contributed by atoms with E-state index in [0.29, 0.717) is 0 Å². The Morgan fingerprint density at radius 1 is 0.900 bits per heavy atom. The molecule has 0 aromatic carbocycles. The molecule has 0 amide bonds. The molecule has 0 spiro atoms. The topological polar surface area (TPSA) is 0 Å². The van der Waals surface area contributed by atoms with Gasteiger partial charge >= 0.3 is 0 Å². The molecule has 0 heteroatoms. The van der Waals surface area contributed by atoms with Gasteiger partial charge in [0.25, 0.3) is 0 Å². The Morgan fingerprint density at radius 3 is 1.40 bits per heavy atom. The van der Waals surface area contributed by atoms with Gasteiger partial charge in [-0.15, -0.1) is 0 Å². The molecule has 0 aromatic heterocycles. The molecule has 0 nitrogen and oxygen atoms in total. The highest BCUT2D eigenvalue weighted by molar-refractivity contribution is 4.69. The molecular weight excluding hydrogens is 120 g/mol. The first-order chi connectivity index (χ1) is 4.73. The van der Waals surface area contributed by atoms with Crippen molar-refractivity contribution in [1.29, 1.82) is 0 Å². The van der Waals surface area contributed by atoms with Crippen LogP contribution in [0.1, 0.15) is 52.9 Å². The summed E-state index contributed by atoms with van der Waals surface area (Å²) in [4.78, 5) is 0. The predicted molar refractivity (Wildman–Crippen MR) is 47.7 cm³/mol. The largest absolute Gasteiger partial charge is 0.0597 e. The summed E-state index contributed by atoms with van der Waals surface area (Å²) in [6.45, 7) is 6.25. The summed E-state index contributed by atoms with van der Waals surface area (Å²) < 4.78 is 0. The van der Waals surface area contributed by atoms with E-state index in [4.69, 9.17) is 0 Å². The molecule has 0 aromatic rings. The van der Waals surface area contributed by atoms with E-state index in [-0.39, 0.29) is 0 Å². The average Bonchev–Trinajstić information content (AvgIpc) is 1.90. The zero-order valence-corrected chi connectivity index (χ0v) is 7.61. The molecule has 10 heavy (non-hydrogen) atoms. The molecule has 0 unspecified atom stereocenters. The number of hydrogen-bond donors (Lipinski definition) is 0. The van der Waals surface area contributed by atoms with Gasteiger partial charge in [-0.05, 0) is 12.3 Å². The van der Waals surface area contributed by atoms with E-state index in [2.05, 4.69) is 27.2 Å². The van der Waals surface area contributed by atoms with Crippen LogP contribution in [0, 0.1) is 12.3 Å². The van der Waals surface area contributed by atoms with Crippen LogP contribution in [-0.4, -0.2) is 0 Å². The van der Waals surface area contributed by atoms with Crippen molar-refractivity contribution >= 4 is 0 Å². The van der Waals surface area contributed by atoms with Crippen molar-refractivity contribution < 1.29 is 0 Å². The van der Waals surface area contributed by atoms with Crippen molar-refractivity contribution in [2.24, 2.45) is 0 Å². The summed E-state index contributed by atoms with van der Waals surface area (Å²) in [5, 5.41) is 0.